The molecule has 82 valence electrons. The molecule has 0 aromatic carbocycles. The lowest BCUT2D eigenvalue weighted by Gasteiger charge is -2.13. The van der Waals surface area contributed by atoms with Gasteiger partial charge in [0.05, 0.1) is 13.2 Å². The lowest BCUT2D eigenvalue weighted by atomic mass is 10.4. The van der Waals surface area contributed by atoms with E-state index in [4.69, 9.17) is 9.05 Å². The van der Waals surface area contributed by atoms with E-state index in [1.807, 2.05) is 0 Å². The van der Waals surface area contributed by atoms with Gasteiger partial charge < -0.3 is 9.05 Å². The van der Waals surface area contributed by atoms with Crippen LogP contribution in [0, 0.1) is 0 Å². The van der Waals surface area contributed by atoms with Crippen LogP contribution < -0.4 is 0 Å². The van der Waals surface area contributed by atoms with Gasteiger partial charge in [0.25, 0.3) is 0 Å². The quantitative estimate of drug-likeness (QED) is 0.544. The maximum absolute atomic E-state index is 11.9. The minimum Gasteiger partial charge on any atom is -0.306 e. The fraction of sp³-hybridized carbons (Fsp3) is 0.556. The van der Waals surface area contributed by atoms with Gasteiger partial charge in [-0.3, -0.25) is 4.57 Å². The monoisotopic (exact) mass is 282 g/mol. The summed E-state index contributed by atoms with van der Waals surface area (Å²) in [5.41, 5.74) is 0.759. The van der Waals surface area contributed by atoms with Crippen LogP contribution in [0.4, 0.5) is 0 Å². The lowest BCUT2D eigenvalue weighted by molar-refractivity contribution is 0.228. The summed E-state index contributed by atoms with van der Waals surface area (Å²) < 4.78 is 22.8. The highest BCUT2D eigenvalue weighted by Gasteiger charge is 2.20. The Labute approximate surface area is 93.8 Å². The first kappa shape index (κ1) is 14.1. The van der Waals surface area contributed by atoms with Crippen LogP contribution >= 0.6 is 23.5 Å². The molecule has 0 heterocycles. The molecule has 0 aromatic heterocycles. The van der Waals surface area contributed by atoms with E-state index < -0.39 is 7.60 Å². The van der Waals surface area contributed by atoms with Gasteiger partial charge in [-0.05, 0) is 26.3 Å². The van der Waals surface area contributed by atoms with Crippen molar-refractivity contribution in [2.75, 3.05) is 13.2 Å². The molecule has 5 heteroatoms. The van der Waals surface area contributed by atoms with E-state index >= 15 is 0 Å². The smallest absolute Gasteiger partial charge is 0.306 e. The van der Waals surface area contributed by atoms with E-state index in [2.05, 4.69) is 22.5 Å². The summed E-state index contributed by atoms with van der Waals surface area (Å²) in [6, 6.07) is 0. The molecule has 0 fully saturated rings. The van der Waals surface area contributed by atoms with Gasteiger partial charge in [-0.15, -0.1) is 0 Å². The third kappa shape index (κ3) is 5.11. The topological polar surface area (TPSA) is 35.5 Å². The second-order valence-electron chi connectivity index (χ2n) is 2.59. The maximum atomic E-state index is 11.9. The Hall–Kier alpha value is 0.110. The molecule has 3 nitrogen and oxygen atoms in total. The summed E-state index contributed by atoms with van der Waals surface area (Å²) in [5.74, 6) is 1.48. The van der Waals surface area contributed by atoms with Crippen LogP contribution in [0.2, 0.25) is 0 Å². The molecular formula is C9H16BrO3P. The number of rotatable bonds is 6. The molecule has 0 aliphatic carbocycles. The van der Waals surface area contributed by atoms with Crippen molar-refractivity contribution in [3.05, 3.63) is 22.5 Å². The zero-order valence-corrected chi connectivity index (χ0v) is 11.2. The summed E-state index contributed by atoms with van der Waals surface area (Å²) in [7, 11) is -3.08. The lowest BCUT2D eigenvalue weighted by Crippen LogP contribution is -1.93. The van der Waals surface area contributed by atoms with Gasteiger partial charge in [0.2, 0.25) is 0 Å². The molecule has 0 spiro atoms. The van der Waals surface area contributed by atoms with Crippen LogP contribution in [-0.4, -0.2) is 13.2 Å². The third-order valence-electron chi connectivity index (χ3n) is 1.40. The van der Waals surface area contributed by atoms with Gasteiger partial charge in [-0.25, -0.2) is 0 Å². The largest absolute Gasteiger partial charge is 0.354 e. The minimum absolute atomic E-state index is 0.357. The standard InChI is InChI=1S/C9H16BrO3P/c1-5-12-14(11,13-6-2)7-8(3)9(4)10/h7H,4-6H2,1-3H3/b8-7+. The fourth-order valence-electron chi connectivity index (χ4n) is 0.779. The molecular weight excluding hydrogens is 267 g/mol. The maximum Gasteiger partial charge on any atom is 0.354 e. The van der Waals surface area contributed by atoms with Crippen molar-refractivity contribution < 1.29 is 13.6 Å². The Morgan fingerprint density at radius 3 is 2.14 bits per heavy atom. The summed E-state index contributed by atoms with van der Waals surface area (Å²) in [5, 5.41) is 0. The second kappa shape index (κ2) is 6.57. The summed E-state index contributed by atoms with van der Waals surface area (Å²) >= 11 is 3.20. The average Bonchev–Trinajstić information content (AvgIpc) is 2.04. The number of hydrogen-bond acceptors (Lipinski definition) is 3. The third-order valence-corrected chi connectivity index (χ3v) is 3.96. The predicted molar refractivity (Wildman–Crippen MR) is 62.7 cm³/mol. The molecule has 0 rings (SSSR count). The fourth-order valence-corrected chi connectivity index (χ4v) is 2.64. The van der Waals surface area contributed by atoms with Crippen LogP contribution in [0.25, 0.3) is 0 Å². The first-order valence-corrected chi connectivity index (χ1v) is 6.78. The molecule has 0 bridgehead atoms. The van der Waals surface area contributed by atoms with Crippen LogP contribution in [0.15, 0.2) is 22.5 Å². The molecule has 0 aromatic rings. The Kier molecular flexibility index (Phi) is 6.62. The van der Waals surface area contributed by atoms with Gasteiger partial charge >= 0.3 is 7.60 Å². The van der Waals surface area contributed by atoms with E-state index in [0.29, 0.717) is 17.7 Å². The van der Waals surface area contributed by atoms with Crippen molar-refractivity contribution in [2.45, 2.75) is 20.8 Å². The Bertz CT molecular complexity index is 263. The second-order valence-corrected chi connectivity index (χ2v) is 5.40. The molecule has 0 saturated heterocycles. The molecule has 0 unspecified atom stereocenters. The van der Waals surface area contributed by atoms with Crippen molar-refractivity contribution in [2.24, 2.45) is 0 Å². The van der Waals surface area contributed by atoms with Gasteiger partial charge in [0, 0.05) is 10.3 Å². The molecule has 0 aliphatic rings. The minimum atomic E-state index is -3.08. The van der Waals surface area contributed by atoms with Crippen molar-refractivity contribution in [1.82, 2.24) is 0 Å². The average molecular weight is 283 g/mol. The van der Waals surface area contributed by atoms with Crippen molar-refractivity contribution in [3.8, 4) is 0 Å². The highest BCUT2D eigenvalue weighted by molar-refractivity contribution is 9.11. The first-order chi connectivity index (χ1) is 6.45. The number of halogens is 1. The number of hydrogen-bond donors (Lipinski definition) is 0. The van der Waals surface area contributed by atoms with Gasteiger partial charge in [0.1, 0.15) is 0 Å². The predicted octanol–water partition coefficient (Wildman–Crippen LogP) is 4.06. The van der Waals surface area contributed by atoms with Crippen LogP contribution in [0.3, 0.4) is 0 Å². The van der Waals surface area contributed by atoms with Gasteiger partial charge in [-0.1, -0.05) is 22.5 Å². The van der Waals surface area contributed by atoms with Crippen molar-refractivity contribution in [3.63, 3.8) is 0 Å². The molecule has 0 radical (unpaired) electrons. The highest BCUT2D eigenvalue weighted by Crippen LogP contribution is 2.51. The van der Waals surface area contributed by atoms with Crippen molar-refractivity contribution in [1.29, 1.82) is 0 Å². The molecule has 0 aliphatic heterocycles. The summed E-state index contributed by atoms with van der Waals surface area (Å²) in [4.78, 5) is 0. The van der Waals surface area contributed by atoms with Crippen LogP contribution in [0.1, 0.15) is 20.8 Å². The van der Waals surface area contributed by atoms with Crippen molar-refractivity contribution >= 4 is 23.5 Å². The molecule has 0 saturated carbocycles. The number of allylic oxidation sites excluding steroid dienone is 2. The Morgan fingerprint density at radius 2 is 1.86 bits per heavy atom. The van der Waals surface area contributed by atoms with E-state index in [1.54, 1.807) is 20.8 Å². The van der Waals surface area contributed by atoms with Crippen LogP contribution in [0.5, 0.6) is 0 Å². The van der Waals surface area contributed by atoms with Gasteiger partial charge in [0.15, 0.2) is 0 Å². The zero-order chi connectivity index (χ0) is 11.2. The van der Waals surface area contributed by atoms with E-state index in [-0.39, 0.29) is 0 Å². The molecule has 0 atom stereocenters. The molecule has 0 amide bonds. The van der Waals surface area contributed by atoms with E-state index in [1.165, 1.54) is 5.82 Å². The molecule has 0 N–H and O–H groups in total. The van der Waals surface area contributed by atoms with E-state index in [9.17, 15) is 4.57 Å². The zero-order valence-electron chi connectivity index (χ0n) is 8.75. The van der Waals surface area contributed by atoms with E-state index in [0.717, 1.165) is 5.57 Å². The van der Waals surface area contributed by atoms with Crippen LogP contribution in [-0.2, 0) is 13.6 Å². The summed E-state index contributed by atoms with van der Waals surface area (Å²) in [6.45, 7) is 9.73. The first-order valence-electron chi connectivity index (χ1n) is 4.38. The Balaban J connectivity index is 4.75. The highest BCUT2D eigenvalue weighted by atomic mass is 79.9. The Morgan fingerprint density at radius 1 is 1.43 bits per heavy atom. The SMILES string of the molecule is C=C(Br)/C(C)=C/P(=O)(OCC)OCC. The summed E-state index contributed by atoms with van der Waals surface area (Å²) in [6.07, 6.45) is 0. The molecule has 14 heavy (non-hydrogen) atoms. The van der Waals surface area contributed by atoms with Gasteiger partial charge in [-0.2, -0.15) is 0 Å². The normalized spacial score (nSPS) is 13.0.